The van der Waals surface area contributed by atoms with Crippen molar-refractivity contribution >= 4 is 34.7 Å². The Hall–Kier alpha value is -2.48. The van der Waals surface area contributed by atoms with Gasteiger partial charge in [-0.05, 0) is 17.5 Å². The number of carbonyl (C=O) groups excluding carboxylic acids is 1. The van der Waals surface area contributed by atoms with E-state index in [0.29, 0.717) is 17.8 Å². The average molecular weight is 298 g/mol. The first kappa shape index (κ1) is 13.9. The molecule has 2 rings (SSSR count). The highest BCUT2D eigenvalue weighted by Gasteiger charge is 2.17. The Bertz CT molecular complexity index is 659. The molecule has 2 amide bonds. The lowest BCUT2D eigenvalue weighted by molar-refractivity contribution is 0.0697. The number of amides is 2. The largest absolute Gasteiger partial charge is 0.478 e. The molecule has 1 aromatic heterocycles. The third kappa shape index (κ3) is 3.09. The lowest BCUT2D eigenvalue weighted by Crippen LogP contribution is -2.21. The van der Waals surface area contributed by atoms with E-state index in [4.69, 9.17) is 5.11 Å². The molecule has 1 heterocycles. The number of carboxylic acids is 1. The summed E-state index contributed by atoms with van der Waals surface area (Å²) >= 11 is 1.35. The third-order valence-corrected chi connectivity index (χ3v) is 3.00. The molecule has 0 saturated heterocycles. The van der Waals surface area contributed by atoms with Crippen molar-refractivity contribution < 1.29 is 23.5 Å². The minimum absolute atomic E-state index is 0.330. The fraction of sp³-hybridized carbons (Fsp3) is 0. The normalized spacial score (nSPS) is 10.1. The smallest absolute Gasteiger partial charge is 0.337 e. The number of benzene rings is 1. The van der Waals surface area contributed by atoms with E-state index in [1.165, 1.54) is 11.3 Å². The van der Waals surface area contributed by atoms with Gasteiger partial charge in [0.15, 0.2) is 11.6 Å². The van der Waals surface area contributed by atoms with E-state index in [-0.39, 0.29) is 5.69 Å². The average Bonchev–Trinajstić information content (AvgIpc) is 2.85. The fourth-order valence-electron chi connectivity index (χ4n) is 1.45. The molecular weight excluding hydrogens is 290 g/mol. The van der Waals surface area contributed by atoms with E-state index in [9.17, 15) is 18.4 Å². The number of anilines is 2. The number of halogens is 2. The highest BCUT2D eigenvalue weighted by molar-refractivity contribution is 7.08. The van der Waals surface area contributed by atoms with Gasteiger partial charge in [0.1, 0.15) is 0 Å². The molecule has 0 spiro atoms. The molecule has 0 atom stereocenters. The standard InChI is InChI=1S/C12H8F2N2O3S/c13-8-3-7(11(17)18)10(4-9(8)14)16-12(19)15-6-1-2-20-5-6/h1-5H,(H,17,18)(H2,15,16,19). The van der Waals surface area contributed by atoms with E-state index in [0.717, 1.165) is 0 Å². The molecule has 0 saturated carbocycles. The van der Waals surface area contributed by atoms with Gasteiger partial charge in [-0.25, -0.2) is 18.4 Å². The van der Waals surface area contributed by atoms with Crippen molar-refractivity contribution in [1.82, 2.24) is 0 Å². The molecule has 0 aliphatic heterocycles. The van der Waals surface area contributed by atoms with Crippen LogP contribution in [0.4, 0.5) is 25.0 Å². The van der Waals surface area contributed by atoms with E-state index in [2.05, 4.69) is 10.6 Å². The zero-order valence-corrected chi connectivity index (χ0v) is 10.6. The van der Waals surface area contributed by atoms with Gasteiger partial charge in [0.05, 0.1) is 16.9 Å². The molecule has 0 unspecified atom stereocenters. The topological polar surface area (TPSA) is 78.4 Å². The van der Waals surface area contributed by atoms with Crippen molar-refractivity contribution in [2.24, 2.45) is 0 Å². The van der Waals surface area contributed by atoms with E-state index < -0.39 is 29.2 Å². The number of carboxylic acid groups (broad SMARTS) is 1. The molecule has 1 aromatic carbocycles. The monoisotopic (exact) mass is 298 g/mol. The highest BCUT2D eigenvalue weighted by Crippen LogP contribution is 2.21. The number of rotatable bonds is 3. The van der Waals surface area contributed by atoms with Crippen molar-refractivity contribution in [2.75, 3.05) is 10.6 Å². The maximum absolute atomic E-state index is 13.1. The first-order chi connectivity index (χ1) is 9.47. The third-order valence-electron chi connectivity index (χ3n) is 2.32. The van der Waals surface area contributed by atoms with Crippen LogP contribution in [-0.2, 0) is 0 Å². The summed E-state index contributed by atoms with van der Waals surface area (Å²) in [6, 6.07) is 2.01. The van der Waals surface area contributed by atoms with Gasteiger partial charge >= 0.3 is 12.0 Å². The zero-order chi connectivity index (χ0) is 14.7. The molecule has 2 aromatic rings. The Kier molecular flexibility index (Phi) is 3.94. The Morgan fingerprint density at radius 3 is 2.45 bits per heavy atom. The van der Waals surface area contributed by atoms with E-state index in [1.807, 2.05) is 0 Å². The van der Waals surface area contributed by atoms with Crippen LogP contribution < -0.4 is 10.6 Å². The summed E-state index contributed by atoms with van der Waals surface area (Å²) in [6.45, 7) is 0. The number of hydrogen-bond donors (Lipinski definition) is 3. The van der Waals surface area contributed by atoms with Gasteiger partial charge in [-0.2, -0.15) is 11.3 Å². The minimum atomic E-state index is -1.48. The zero-order valence-electron chi connectivity index (χ0n) is 9.81. The lowest BCUT2D eigenvalue weighted by atomic mass is 10.1. The SMILES string of the molecule is O=C(Nc1ccsc1)Nc1cc(F)c(F)cc1C(=O)O. The van der Waals surface area contributed by atoms with Crippen molar-refractivity contribution in [2.45, 2.75) is 0 Å². The second-order valence-corrected chi connectivity index (χ2v) is 4.49. The second kappa shape index (κ2) is 5.66. The summed E-state index contributed by atoms with van der Waals surface area (Å²) in [5, 5.41) is 16.9. The second-order valence-electron chi connectivity index (χ2n) is 3.71. The van der Waals surface area contributed by atoms with Crippen LogP contribution in [0, 0.1) is 11.6 Å². The Morgan fingerprint density at radius 1 is 1.15 bits per heavy atom. The van der Waals surface area contributed by atoms with Gasteiger partial charge in [0.2, 0.25) is 0 Å². The van der Waals surface area contributed by atoms with Crippen LogP contribution in [0.5, 0.6) is 0 Å². The molecule has 104 valence electrons. The van der Waals surface area contributed by atoms with Crippen LogP contribution in [0.1, 0.15) is 10.4 Å². The number of carbonyl (C=O) groups is 2. The maximum atomic E-state index is 13.1. The summed E-state index contributed by atoms with van der Waals surface area (Å²) in [5.74, 6) is -4.03. The van der Waals surface area contributed by atoms with Crippen LogP contribution >= 0.6 is 11.3 Å². The maximum Gasteiger partial charge on any atom is 0.337 e. The summed E-state index contributed by atoms with van der Waals surface area (Å²) < 4.78 is 26.1. The Labute approximate surface area is 115 Å². The molecule has 0 fully saturated rings. The first-order valence-corrected chi connectivity index (χ1v) is 6.24. The van der Waals surface area contributed by atoms with Crippen molar-refractivity contribution in [3.63, 3.8) is 0 Å². The van der Waals surface area contributed by atoms with Crippen LogP contribution in [0.3, 0.4) is 0 Å². The number of thiophene rings is 1. The molecular formula is C12H8F2N2O3S. The first-order valence-electron chi connectivity index (χ1n) is 5.30. The number of hydrogen-bond acceptors (Lipinski definition) is 3. The molecule has 20 heavy (non-hydrogen) atoms. The Morgan fingerprint density at radius 2 is 1.85 bits per heavy atom. The summed E-state index contributed by atoms with van der Waals surface area (Å²) in [5.41, 5.74) is -0.361. The molecule has 5 nitrogen and oxygen atoms in total. The van der Waals surface area contributed by atoms with Gasteiger partial charge in [-0.15, -0.1) is 0 Å². The van der Waals surface area contributed by atoms with Gasteiger partial charge in [-0.3, -0.25) is 0 Å². The van der Waals surface area contributed by atoms with Crippen LogP contribution in [0.15, 0.2) is 29.0 Å². The predicted molar refractivity (Wildman–Crippen MR) is 70.3 cm³/mol. The fourth-order valence-corrected chi connectivity index (χ4v) is 2.04. The number of aromatic carboxylic acids is 1. The van der Waals surface area contributed by atoms with Gasteiger partial charge < -0.3 is 15.7 Å². The molecule has 0 aliphatic carbocycles. The van der Waals surface area contributed by atoms with Gasteiger partial charge in [0, 0.05) is 11.4 Å². The van der Waals surface area contributed by atoms with E-state index in [1.54, 1.807) is 16.8 Å². The summed E-state index contributed by atoms with van der Waals surface area (Å²) in [7, 11) is 0. The predicted octanol–water partition coefficient (Wildman–Crippen LogP) is 3.37. The number of nitrogens with one attached hydrogen (secondary N) is 2. The molecule has 0 bridgehead atoms. The quantitative estimate of drug-likeness (QED) is 0.813. The van der Waals surface area contributed by atoms with Crippen LogP contribution in [0.25, 0.3) is 0 Å². The molecule has 8 heteroatoms. The van der Waals surface area contributed by atoms with Crippen molar-refractivity contribution in [1.29, 1.82) is 0 Å². The highest BCUT2D eigenvalue weighted by atomic mass is 32.1. The van der Waals surface area contributed by atoms with Crippen molar-refractivity contribution in [3.05, 3.63) is 46.2 Å². The van der Waals surface area contributed by atoms with Crippen LogP contribution in [0.2, 0.25) is 0 Å². The van der Waals surface area contributed by atoms with Gasteiger partial charge in [-0.1, -0.05) is 0 Å². The van der Waals surface area contributed by atoms with Gasteiger partial charge in [0.25, 0.3) is 0 Å². The lowest BCUT2D eigenvalue weighted by Gasteiger charge is -2.09. The summed E-state index contributed by atoms with van der Waals surface area (Å²) in [6.07, 6.45) is 0. The Balaban J connectivity index is 2.22. The molecule has 3 N–H and O–H groups in total. The minimum Gasteiger partial charge on any atom is -0.478 e. The number of urea groups is 1. The van der Waals surface area contributed by atoms with Crippen LogP contribution in [-0.4, -0.2) is 17.1 Å². The van der Waals surface area contributed by atoms with Crippen molar-refractivity contribution in [3.8, 4) is 0 Å². The summed E-state index contributed by atoms with van der Waals surface area (Å²) in [4.78, 5) is 22.5. The van der Waals surface area contributed by atoms with E-state index >= 15 is 0 Å². The molecule has 0 aliphatic rings. The molecule has 0 radical (unpaired) electrons.